The average Bonchev–Trinajstić information content (AvgIpc) is 2.47. The molecule has 1 aromatic heterocycles. The number of aryl methyl sites for hydroxylation is 1. The Hall–Kier alpha value is -1.70. The van der Waals surface area contributed by atoms with E-state index < -0.39 is 0 Å². The Bertz CT molecular complexity index is 616. The van der Waals surface area contributed by atoms with Crippen LogP contribution < -0.4 is 20.7 Å². The molecule has 0 radical (unpaired) electrons. The number of ether oxygens (including phenoxy) is 2. The fourth-order valence-corrected chi connectivity index (χ4v) is 2.70. The van der Waals surface area contributed by atoms with Gasteiger partial charge in [0.15, 0.2) is 0 Å². The fourth-order valence-electron chi connectivity index (χ4n) is 2.08. The number of nitrogens with zero attached hydrogens (tertiary/aromatic N) is 2. The van der Waals surface area contributed by atoms with Crippen molar-refractivity contribution in [1.29, 1.82) is 0 Å². The maximum absolute atomic E-state index is 5.71. The Balaban J connectivity index is 2.50. The van der Waals surface area contributed by atoms with Gasteiger partial charge in [0.25, 0.3) is 0 Å². The number of methoxy groups -OCH3 is 2. The van der Waals surface area contributed by atoms with Crippen LogP contribution in [0.5, 0.6) is 11.8 Å². The van der Waals surface area contributed by atoms with Gasteiger partial charge in [-0.25, -0.2) is 10.4 Å². The van der Waals surface area contributed by atoms with Crippen LogP contribution in [-0.2, 0) is 0 Å². The molecule has 1 unspecified atom stereocenters. The highest BCUT2D eigenvalue weighted by Gasteiger charge is 2.21. The molecular weight excluding hydrogens is 336 g/mol. The van der Waals surface area contributed by atoms with E-state index in [1.807, 2.05) is 25.1 Å². The van der Waals surface area contributed by atoms with Gasteiger partial charge in [0.2, 0.25) is 11.8 Å². The molecule has 0 aliphatic rings. The summed E-state index contributed by atoms with van der Waals surface area (Å²) in [5.41, 5.74) is 5.42. The summed E-state index contributed by atoms with van der Waals surface area (Å²) in [6.07, 6.45) is 1.53. The number of benzene rings is 1. The second kappa shape index (κ2) is 6.84. The molecule has 1 aromatic carbocycles. The molecule has 0 saturated heterocycles. The minimum Gasteiger partial charge on any atom is -0.480 e. The third-order valence-corrected chi connectivity index (χ3v) is 3.44. The van der Waals surface area contributed by atoms with E-state index in [0.29, 0.717) is 17.5 Å². The molecule has 21 heavy (non-hydrogen) atoms. The van der Waals surface area contributed by atoms with E-state index in [9.17, 15) is 0 Å². The standard InChI is InChI=1S/C14H17BrN4O2/c1-8-4-9(6-10(15)5-8)12(19-16)13-14(21-3)18-11(20-2)7-17-13/h4-7,12,19H,16H2,1-3H3. The van der Waals surface area contributed by atoms with E-state index in [4.69, 9.17) is 15.3 Å². The van der Waals surface area contributed by atoms with E-state index >= 15 is 0 Å². The molecule has 0 spiro atoms. The third-order valence-electron chi connectivity index (χ3n) is 2.99. The second-order valence-electron chi connectivity index (χ2n) is 4.47. The van der Waals surface area contributed by atoms with Gasteiger partial charge < -0.3 is 9.47 Å². The molecule has 1 atom stereocenters. The monoisotopic (exact) mass is 352 g/mol. The Morgan fingerprint density at radius 1 is 1.24 bits per heavy atom. The molecule has 6 nitrogen and oxygen atoms in total. The number of nitrogens with two attached hydrogens (primary N) is 1. The Kier molecular flexibility index (Phi) is 5.11. The summed E-state index contributed by atoms with van der Waals surface area (Å²) in [7, 11) is 3.06. The van der Waals surface area contributed by atoms with Gasteiger partial charge in [-0.3, -0.25) is 5.84 Å². The van der Waals surface area contributed by atoms with Crippen molar-refractivity contribution in [3.05, 3.63) is 45.7 Å². The van der Waals surface area contributed by atoms with Gasteiger partial charge in [0.05, 0.1) is 26.5 Å². The van der Waals surface area contributed by atoms with Crippen molar-refractivity contribution >= 4 is 15.9 Å². The summed E-state index contributed by atoms with van der Waals surface area (Å²) in [6.45, 7) is 2.01. The molecule has 0 bridgehead atoms. The smallest absolute Gasteiger partial charge is 0.240 e. The molecule has 3 N–H and O–H groups in total. The summed E-state index contributed by atoms with van der Waals surface area (Å²) in [5.74, 6) is 6.47. The van der Waals surface area contributed by atoms with Crippen LogP contribution >= 0.6 is 15.9 Å². The van der Waals surface area contributed by atoms with E-state index in [0.717, 1.165) is 15.6 Å². The lowest BCUT2D eigenvalue weighted by Crippen LogP contribution is -2.30. The van der Waals surface area contributed by atoms with Crippen molar-refractivity contribution < 1.29 is 9.47 Å². The highest BCUT2D eigenvalue weighted by Crippen LogP contribution is 2.29. The lowest BCUT2D eigenvalue weighted by molar-refractivity contribution is 0.352. The minimum atomic E-state index is -0.338. The first kappa shape index (κ1) is 15.7. The maximum Gasteiger partial charge on any atom is 0.240 e. The topological polar surface area (TPSA) is 82.3 Å². The van der Waals surface area contributed by atoms with Gasteiger partial charge in [0.1, 0.15) is 5.69 Å². The van der Waals surface area contributed by atoms with Crippen molar-refractivity contribution in [3.63, 3.8) is 0 Å². The van der Waals surface area contributed by atoms with Crippen LogP contribution in [0.1, 0.15) is 22.9 Å². The molecule has 0 amide bonds. The Morgan fingerprint density at radius 2 is 2.00 bits per heavy atom. The molecule has 0 aliphatic carbocycles. The lowest BCUT2D eigenvalue weighted by Gasteiger charge is -2.19. The van der Waals surface area contributed by atoms with Crippen LogP contribution in [0.15, 0.2) is 28.9 Å². The molecule has 2 aromatic rings. The third kappa shape index (κ3) is 3.49. The van der Waals surface area contributed by atoms with E-state index in [1.54, 1.807) is 0 Å². The minimum absolute atomic E-state index is 0.338. The van der Waals surface area contributed by atoms with Crippen molar-refractivity contribution in [3.8, 4) is 11.8 Å². The number of rotatable bonds is 5. The van der Waals surface area contributed by atoms with Crippen molar-refractivity contribution in [2.75, 3.05) is 14.2 Å². The second-order valence-corrected chi connectivity index (χ2v) is 5.38. The summed E-state index contributed by atoms with van der Waals surface area (Å²) < 4.78 is 11.3. The van der Waals surface area contributed by atoms with Gasteiger partial charge in [-0.2, -0.15) is 4.98 Å². The van der Waals surface area contributed by atoms with Gasteiger partial charge in [-0.05, 0) is 30.2 Å². The first-order valence-corrected chi connectivity index (χ1v) is 7.06. The lowest BCUT2D eigenvalue weighted by atomic mass is 10.0. The van der Waals surface area contributed by atoms with Crippen LogP contribution in [0.25, 0.3) is 0 Å². The highest BCUT2D eigenvalue weighted by molar-refractivity contribution is 9.10. The van der Waals surface area contributed by atoms with E-state index in [2.05, 4.69) is 31.3 Å². The molecule has 112 valence electrons. The summed E-state index contributed by atoms with van der Waals surface area (Å²) >= 11 is 3.49. The molecule has 1 heterocycles. The zero-order valence-electron chi connectivity index (χ0n) is 12.1. The van der Waals surface area contributed by atoms with Gasteiger partial charge >= 0.3 is 0 Å². The molecule has 2 rings (SSSR count). The normalized spacial score (nSPS) is 12.0. The quantitative estimate of drug-likeness (QED) is 0.633. The Morgan fingerprint density at radius 3 is 2.57 bits per heavy atom. The van der Waals surface area contributed by atoms with Crippen LogP contribution in [0.3, 0.4) is 0 Å². The maximum atomic E-state index is 5.71. The molecule has 0 aliphatic heterocycles. The first-order chi connectivity index (χ1) is 10.1. The van der Waals surface area contributed by atoms with Crippen LogP contribution in [0.4, 0.5) is 0 Å². The zero-order chi connectivity index (χ0) is 15.4. The summed E-state index contributed by atoms with van der Waals surface area (Å²) in [5, 5.41) is 0. The number of nitrogens with one attached hydrogen (secondary N) is 1. The fraction of sp³-hybridized carbons (Fsp3) is 0.286. The molecular formula is C14H17BrN4O2. The number of halogens is 1. The van der Waals surface area contributed by atoms with Gasteiger partial charge in [-0.1, -0.05) is 22.0 Å². The van der Waals surface area contributed by atoms with Crippen LogP contribution in [-0.4, -0.2) is 24.2 Å². The summed E-state index contributed by atoms with van der Waals surface area (Å²) in [6, 6.07) is 5.69. The predicted octanol–water partition coefficient (Wildman–Crippen LogP) is 2.12. The number of aromatic nitrogens is 2. The Labute approximate surface area is 131 Å². The first-order valence-electron chi connectivity index (χ1n) is 6.27. The molecule has 0 fully saturated rings. The van der Waals surface area contributed by atoms with E-state index in [1.165, 1.54) is 20.4 Å². The van der Waals surface area contributed by atoms with Crippen LogP contribution in [0.2, 0.25) is 0 Å². The number of hydrogen-bond acceptors (Lipinski definition) is 6. The number of hydrazine groups is 1. The van der Waals surface area contributed by atoms with Crippen molar-refractivity contribution in [2.24, 2.45) is 5.84 Å². The van der Waals surface area contributed by atoms with Gasteiger partial charge in [-0.15, -0.1) is 0 Å². The zero-order valence-corrected chi connectivity index (χ0v) is 13.6. The van der Waals surface area contributed by atoms with Crippen molar-refractivity contribution in [1.82, 2.24) is 15.4 Å². The molecule has 7 heteroatoms. The van der Waals surface area contributed by atoms with E-state index in [-0.39, 0.29) is 6.04 Å². The average molecular weight is 353 g/mol. The SMILES string of the molecule is COc1cnc(C(NN)c2cc(C)cc(Br)c2)c(OC)n1. The predicted molar refractivity (Wildman–Crippen MR) is 83.2 cm³/mol. The summed E-state index contributed by atoms with van der Waals surface area (Å²) in [4.78, 5) is 8.59. The largest absolute Gasteiger partial charge is 0.480 e. The van der Waals surface area contributed by atoms with Gasteiger partial charge in [0, 0.05) is 4.47 Å². The van der Waals surface area contributed by atoms with Crippen molar-refractivity contribution in [2.45, 2.75) is 13.0 Å². The van der Waals surface area contributed by atoms with Crippen LogP contribution in [0, 0.1) is 6.92 Å². The highest BCUT2D eigenvalue weighted by atomic mass is 79.9. The molecule has 0 saturated carbocycles. The number of hydrogen-bond donors (Lipinski definition) is 2.